The predicted molar refractivity (Wildman–Crippen MR) is 70.7 cm³/mol. The molecule has 4 N–H and O–H groups in total. The number of aliphatic hydroxyl groups excluding tert-OH is 1. The quantitative estimate of drug-likeness (QED) is 0.522. The van der Waals surface area contributed by atoms with E-state index < -0.39 is 0 Å². The van der Waals surface area contributed by atoms with Crippen LogP contribution in [-0.4, -0.2) is 39.2 Å². The van der Waals surface area contributed by atoms with Crippen molar-refractivity contribution in [3.63, 3.8) is 0 Å². The number of phenols is 1. The van der Waals surface area contributed by atoms with Gasteiger partial charge in [-0.3, -0.25) is 4.79 Å². The number of rotatable bonds is 1. The fourth-order valence-corrected chi connectivity index (χ4v) is 3.31. The molecule has 1 aromatic rings. The fourth-order valence-electron chi connectivity index (χ4n) is 3.31. The molecule has 5 nitrogen and oxygen atoms in total. The molecule has 2 aliphatic rings. The highest BCUT2D eigenvalue weighted by Crippen LogP contribution is 2.37. The first-order valence-electron chi connectivity index (χ1n) is 6.65. The largest absolute Gasteiger partial charge is 0.506 e. The molecular formula is C14H18N2O3. The maximum Gasteiger partial charge on any atom is 0.254 e. The van der Waals surface area contributed by atoms with Crippen molar-refractivity contribution in [1.82, 2.24) is 4.90 Å². The number of amides is 1. The first-order chi connectivity index (χ1) is 9.06. The van der Waals surface area contributed by atoms with Gasteiger partial charge in [-0.05, 0) is 43.9 Å². The van der Waals surface area contributed by atoms with Crippen LogP contribution in [0.15, 0.2) is 18.2 Å². The minimum atomic E-state index is -0.290. The van der Waals surface area contributed by atoms with E-state index in [2.05, 4.69) is 0 Å². The number of hydrogen-bond acceptors (Lipinski definition) is 4. The number of aromatic hydroxyl groups is 1. The summed E-state index contributed by atoms with van der Waals surface area (Å²) in [6.45, 7) is 0. The third kappa shape index (κ3) is 2.04. The molecule has 0 radical (unpaired) electrons. The molecule has 19 heavy (non-hydrogen) atoms. The molecule has 2 heterocycles. The molecule has 0 aromatic heterocycles. The number of phenolic OH excluding ortho intramolecular Hbond substituents is 1. The molecule has 102 valence electrons. The van der Waals surface area contributed by atoms with Gasteiger partial charge in [-0.1, -0.05) is 0 Å². The Morgan fingerprint density at radius 3 is 2.47 bits per heavy atom. The van der Waals surface area contributed by atoms with E-state index >= 15 is 0 Å². The number of hydrogen-bond donors (Lipinski definition) is 3. The molecule has 2 fully saturated rings. The number of carbonyl (C=O) groups excluding carboxylic acids is 1. The molecule has 0 saturated carbocycles. The van der Waals surface area contributed by atoms with Crippen LogP contribution in [0.2, 0.25) is 0 Å². The molecule has 5 heteroatoms. The van der Waals surface area contributed by atoms with E-state index in [-0.39, 0.29) is 35.5 Å². The van der Waals surface area contributed by atoms with E-state index in [1.54, 1.807) is 12.1 Å². The standard InChI is InChI=1S/C14H18N2O3/c15-12-4-1-8(5-13(12)18)14(19)16-9-2-3-10(16)7-11(17)6-9/h1,4-5,9-11,17-18H,2-3,6-7,15H2. The maximum atomic E-state index is 12.5. The van der Waals surface area contributed by atoms with Gasteiger partial charge in [0.25, 0.3) is 5.91 Å². The second-order valence-electron chi connectivity index (χ2n) is 5.50. The Balaban J connectivity index is 1.86. The Labute approximate surface area is 111 Å². The fraction of sp³-hybridized carbons (Fsp3) is 0.500. The lowest BCUT2D eigenvalue weighted by atomic mass is 9.98. The molecule has 2 saturated heterocycles. The van der Waals surface area contributed by atoms with Crippen molar-refractivity contribution in [3.05, 3.63) is 23.8 Å². The molecule has 3 rings (SSSR count). The van der Waals surface area contributed by atoms with Crippen molar-refractivity contribution in [3.8, 4) is 5.75 Å². The summed E-state index contributed by atoms with van der Waals surface area (Å²) in [4.78, 5) is 14.4. The molecular weight excluding hydrogens is 244 g/mol. The Hall–Kier alpha value is -1.75. The van der Waals surface area contributed by atoms with Gasteiger partial charge in [-0.15, -0.1) is 0 Å². The first kappa shape index (κ1) is 12.3. The second-order valence-corrected chi connectivity index (χ2v) is 5.50. The SMILES string of the molecule is Nc1ccc(C(=O)N2C3CCC2CC(O)C3)cc1O. The highest BCUT2D eigenvalue weighted by molar-refractivity contribution is 5.96. The number of nitrogen functional groups attached to an aromatic ring is 1. The zero-order valence-corrected chi connectivity index (χ0v) is 10.6. The van der Waals surface area contributed by atoms with Gasteiger partial charge in [-0.2, -0.15) is 0 Å². The molecule has 1 amide bonds. The Morgan fingerprint density at radius 2 is 1.89 bits per heavy atom. The number of nitrogens with zero attached hydrogens (tertiary/aromatic N) is 1. The van der Waals surface area contributed by atoms with Crippen molar-refractivity contribution >= 4 is 11.6 Å². The number of nitrogens with two attached hydrogens (primary N) is 1. The van der Waals surface area contributed by atoms with Crippen LogP contribution in [0.1, 0.15) is 36.0 Å². The molecule has 0 aliphatic carbocycles. The molecule has 2 aliphatic heterocycles. The minimum absolute atomic E-state index is 0.0600. The van der Waals surface area contributed by atoms with Gasteiger partial charge in [0, 0.05) is 17.6 Å². The summed E-state index contributed by atoms with van der Waals surface area (Å²) in [5, 5.41) is 19.3. The van der Waals surface area contributed by atoms with Gasteiger partial charge >= 0.3 is 0 Å². The van der Waals surface area contributed by atoms with Crippen molar-refractivity contribution < 1.29 is 15.0 Å². The van der Waals surface area contributed by atoms with E-state index in [4.69, 9.17) is 5.73 Å². The summed E-state index contributed by atoms with van der Waals surface area (Å²) in [6, 6.07) is 4.86. The van der Waals surface area contributed by atoms with Gasteiger partial charge < -0.3 is 20.8 Å². The molecule has 0 spiro atoms. The average molecular weight is 262 g/mol. The van der Waals surface area contributed by atoms with Crippen molar-refractivity contribution in [2.24, 2.45) is 0 Å². The third-order valence-electron chi connectivity index (χ3n) is 4.22. The molecule has 2 atom stereocenters. The number of anilines is 1. The zero-order valence-electron chi connectivity index (χ0n) is 10.6. The number of carbonyl (C=O) groups is 1. The first-order valence-corrected chi connectivity index (χ1v) is 6.65. The lowest BCUT2D eigenvalue weighted by Gasteiger charge is -2.37. The van der Waals surface area contributed by atoms with Crippen LogP contribution in [0.25, 0.3) is 0 Å². The third-order valence-corrected chi connectivity index (χ3v) is 4.22. The van der Waals surface area contributed by atoms with Crippen LogP contribution in [0.5, 0.6) is 5.75 Å². The highest BCUT2D eigenvalue weighted by atomic mass is 16.3. The van der Waals surface area contributed by atoms with Crippen molar-refractivity contribution in [1.29, 1.82) is 0 Å². The van der Waals surface area contributed by atoms with E-state index in [1.807, 2.05) is 4.90 Å². The van der Waals surface area contributed by atoms with Crippen molar-refractivity contribution in [2.45, 2.75) is 43.9 Å². The van der Waals surface area contributed by atoms with Crippen LogP contribution in [0.4, 0.5) is 5.69 Å². The van der Waals surface area contributed by atoms with Crippen molar-refractivity contribution in [2.75, 3.05) is 5.73 Å². The normalized spacial score (nSPS) is 29.5. The second kappa shape index (κ2) is 4.42. The van der Waals surface area contributed by atoms with Crippen LogP contribution >= 0.6 is 0 Å². The van der Waals surface area contributed by atoms with Crippen LogP contribution < -0.4 is 5.73 Å². The predicted octanol–water partition coefficient (Wildman–Crippen LogP) is 1.10. The monoisotopic (exact) mass is 262 g/mol. The minimum Gasteiger partial charge on any atom is -0.506 e. The molecule has 1 aromatic carbocycles. The summed E-state index contributed by atoms with van der Waals surface area (Å²) < 4.78 is 0. The summed E-state index contributed by atoms with van der Waals surface area (Å²) in [5.74, 6) is -0.134. The van der Waals surface area contributed by atoms with Gasteiger partial charge in [0.2, 0.25) is 0 Å². The van der Waals surface area contributed by atoms with Crippen LogP contribution in [0.3, 0.4) is 0 Å². The molecule has 2 unspecified atom stereocenters. The smallest absolute Gasteiger partial charge is 0.254 e. The van der Waals surface area contributed by atoms with Crippen LogP contribution in [-0.2, 0) is 0 Å². The Bertz CT molecular complexity index is 503. The van der Waals surface area contributed by atoms with E-state index in [1.165, 1.54) is 6.07 Å². The number of benzene rings is 1. The van der Waals surface area contributed by atoms with Gasteiger partial charge in [0.05, 0.1) is 11.8 Å². The van der Waals surface area contributed by atoms with Gasteiger partial charge in [-0.25, -0.2) is 0 Å². The summed E-state index contributed by atoms with van der Waals surface area (Å²) >= 11 is 0. The lowest BCUT2D eigenvalue weighted by Crippen LogP contribution is -2.47. The van der Waals surface area contributed by atoms with E-state index in [0.29, 0.717) is 18.4 Å². The maximum absolute atomic E-state index is 12.5. The lowest BCUT2D eigenvalue weighted by molar-refractivity contribution is 0.0286. The number of piperidine rings is 1. The average Bonchev–Trinajstić information content (AvgIpc) is 2.64. The van der Waals surface area contributed by atoms with E-state index in [9.17, 15) is 15.0 Å². The topological polar surface area (TPSA) is 86.8 Å². The number of aliphatic hydroxyl groups is 1. The summed E-state index contributed by atoms with van der Waals surface area (Å²) in [7, 11) is 0. The number of fused-ring (bicyclic) bond motifs is 2. The van der Waals surface area contributed by atoms with Gasteiger partial charge in [0.1, 0.15) is 5.75 Å². The highest BCUT2D eigenvalue weighted by Gasteiger charge is 2.42. The van der Waals surface area contributed by atoms with Gasteiger partial charge in [0.15, 0.2) is 0 Å². The zero-order chi connectivity index (χ0) is 13.6. The summed E-state index contributed by atoms with van der Waals surface area (Å²) in [5.41, 5.74) is 6.27. The summed E-state index contributed by atoms with van der Waals surface area (Å²) in [6.07, 6.45) is 2.93. The van der Waals surface area contributed by atoms with Crippen LogP contribution in [0, 0.1) is 0 Å². The molecule has 2 bridgehead atoms. The Morgan fingerprint density at radius 1 is 1.26 bits per heavy atom. The van der Waals surface area contributed by atoms with E-state index in [0.717, 1.165) is 12.8 Å². The Kier molecular flexibility index (Phi) is 2.86.